The van der Waals surface area contributed by atoms with Gasteiger partial charge in [-0.2, -0.15) is 0 Å². The summed E-state index contributed by atoms with van der Waals surface area (Å²) in [6.45, 7) is 6.06. The van der Waals surface area contributed by atoms with Crippen molar-refractivity contribution in [3.8, 4) is 33.9 Å². The summed E-state index contributed by atoms with van der Waals surface area (Å²) < 4.78 is 12.1. The van der Waals surface area contributed by atoms with Gasteiger partial charge in [-0.3, -0.25) is 9.78 Å². The predicted molar refractivity (Wildman–Crippen MR) is 202 cm³/mol. The van der Waals surface area contributed by atoms with Crippen LogP contribution in [0.5, 0.6) is 11.5 Å². The Bertz CT molecular complexity index is 1310. The van der Waals surface area contributed by atoms with E-state index >= 15 is 0 Å². The first kappa shape index (κ1) is 37.7. The lowest BCUT2D eigenvalue weighted by molar-refractivity contribution is 0.0995. The van der Waals surface area contributed by atoms with Crippen LogP contribution in [0.3, 0.4) is 0 Å². The van der Waals surface area contributed by atoms with E-state index < -0.39 is 0 Å². The maximum absolute atomic E-state index is 13.1. The standard InChI is InChI=1S/C44H63NO3/c1-3-5-7-9-11-13-15-17-19-21-33-47-38-27-23-36(24-28-38)41-35-45-44(40-31-32-42(46)43(40)41)37-25-29-39(30-26-37)48-34-22-20-18-16-14-12-10-8-6-4-2/h23-30,35H,3-22,31-34H2,1-2H3. The zero-order valence-electron chi connectivity index (χ0n) is 30.3. The molecular formula is C44H63NO3. The van der Waals surface area contributed by atoms with E-state index in [0.29, 0.717) is 6.42 Å². The van der Waals surface area contributed by atoms with Gasteiger partial charge in [-0.05, 0) is 66.8 Å². The molecule has 0 amide bonds. The van der Waals surface area contributed by atoms with Crippen LogP contribution in [0.1, 0.15) is 165 Å². The molecule has 0 radical (unpaired) electrons. The second-order valence-electron chi connectivity index (χ2n) is 13.9. The second-order valence-corrected chi connectivity index (χ2v) is 13.9. The molecule has 4 nitrogen and oxygen atoms in total. The van der Waals surface area contributed by atoms with Gasteiger partial charge in [0.1, 0.15) is 11.5 Å². The molecule has 0 aliphatic heterocycles. The van der Waals surface area contributed by atoms with Crippen LogP contribution in [0.4, 0.5) is 0 Å². The molecule has 1 aromatic heterocycles. The summed E-state index contributed by atoms with van der Waals surface area (Å²) in [7, 11) is 0. The van der Waals surface area contributed by atoms with Crippen molar-refractivity contribution < 1.29 is 14.3 Å². The average molecular weight is 654 g/mol. The summed E-state index contributed by atoms with van der Waals surface area (Å²) in [5, 5.41) is 0. The van der Waals surface area contributed by atoms with Crippen LogP contribution in [0, 0.1) is 0 Å². The Morgan fingerprint density at radius 1 is 0.521 bits per heavy atom. The number of aromatic nitrogens is 1. The quantitative estimate of drug-likeness (QED) is 0.0809. The Morgan fingerprint density at radius 2 is 0.938 bits per heavy atom. The molecule has 4 rings (SSSR count). The molecule has 1 aliphatic rings. The summed E-state index contributed by atoms with van der Waals surface area (Å²) in [5.74, 6) is 1.99. The predicted octanol–water partition coefficient (Wildman–Crippen LogP) is 13.1. The third-order valence-electron chi connectivity index (χ3n) is 9.89. The molecule has 0 bridgehead atoms. The van der Waals surface area contributed by atoms with Crippen LogP contribution in [0.2, 0.25) is 0 Å². The molecule has 3 aromatic rings. The molecule has 2 aromatic carbocycles. The number of carbonyl (C=O) groups excluding carboxylic acids is 1. The molecule has 0 saturated carbocycles. The van der Waals surface area contributed by atoms with E-state index in [0.717, 1.165) is 77.5 Å². The number of carbonyl (C=O) groups is 1. The smallest absolute Gasteiger partial charge is 0.164 e. The van der Waals surface area contributed by atoms with E-state index in [-0.39, 0.29) is 5.78 Å². The highest BCUT2D eigenvalue weighted by atomic mass is 16.5. The number of hydrogen-bond donors (Lipinski definition) is 0. The third-order valence-corrected chi connectivity index (χ3v) is 9.89. The first-order valence-corrected chi connectivity index (χ1v) is 19.7. The van der Waals surface area contributed by atoms with Gasteiger partial charge in [0, 0.05) is 29.3 Å². The van der Waals surface area contributed by atoms with Gasteiger partial charge in [0.05, 0.1) is 18.9 Å². The normalized spacial score (nSPS) is 12.4. The van der Waals surface area contributed by atoms with Crippen molar-refractivity contribution in [2.24, 2.45) is 0 Å². The molecule has 0 spiro atoms. The van der Waals surface area contributed by atoms with Crippen LogP contribution in [0.15, 0.2) is 54.7 Å². The Hall–Kier alpha value is -3.14. The maximum atomic E-state index is 13.1. The Balaban J connectivity index is 1.20. The molecule has 4 heteroatoms. The zero-order chi connectivity index (χ0) is 33.7. The van der Waals surface area contributed by atoms with Crippen molar-refractivity contribution in [1.29, 1.82) is 0 Å². The van der Waals surface area contributed by atoms with Crippen molar-refractivity contribution in [3.05, 3.63) is 65.9 Å². The largest absolute Gasteiger partial charge is 0.494 e. The number of rotatable bonds is 26. The zero-order valence-corrected chi connectivity index (χ0v) is 30.3. The summed E-state index contributed by atoms with van der Waals surface area (Å²) >= 11 is 0. The third kappa shape index (κ3) is 12.7. The fourth-order valence-corrected chi connectivity index (χ4v) is 6.94. The highest BCUT2D eigenvalue weighted by Gasteiger charge is 2.27. The van der Waals surface area contributed by atoms with Crippen LogP contribution in [-0.4, -0.2) is 24.0 Å². The number of hydrogen-bond acceptors (Lipinski definition) is 4. The average Bonchev–Trinajstić information content (AvgIpc) is 3.51. The van der Waals surface area contributed by atoms with Crippen LogP contribution in [-0.2, 0) is 6.42 Å². The minimum atomic E-state index is 0.210. The van der Waals surface area contributed by atoms with Gasteiger partial charge in [-0.25, -0.2) is 0 Å². The number of benzene rings is 2. The first-order chi connectivity index (χ1) is 23.7. The molecule has 0 unspecified atom stereocenters. The number of ketones is 1. The van der Waals surface area contributed by atoms with E-state index in [1.165, 1.54) is 116 Å². The van der Waals surface area contributed by atoms with Crippen molar-refractivity contribution in [2.45, 2.75) is 155 Å². The van der Waals surface area contributed by atoms with Gasteiger partial charge < -0.3 is 9.47 Å². The number of ether oxygens (including phenoxy) is 2. The topological polar surface area (TPSA) is 48.4 Å². The summed E-state index contributed by atoms with van der Waals surface area (Å²) in [6, 6.07) is 16.4. The second kappa shape index (κ2) is 22.5. The minimum absolute atomic E-state index is 0.210. The fraction of sp³-hybridized carbons (Fsp3) is 0.591. The van der Waals surface area contributed by atoms with Gasteiger partial charge in [0.15, 0.2) is 5.78 Å². The van der Waals surface area contributed by atoms with Crippen LogP contribution in [0.25, 0.3) is 22.4 Å². The Kier molecular flexibility index (Phi) is 17.6. The van der Waals surface area contributed by atoms with E-state index in [1.807, 2.05) is 30.5 Å². The molecule has 0 N–H and O–H groups in total. The molecular weight excluding hydrogens is 590 g/mol. The highest BCUT2D eigenvalue weighted by Crippen LogP contribution is 2.38. The lowest BCUT2D eigenvalue weighted by atomic mass is 9.95. The highest BCUT2D eigenvalue weighted by molar-refractivity contribution is 6.07. The molecule has 0 fully saturated rings. The van der Waals surface area contributed by atoms with Gasteiger partial charge in [-0.1, -0.05) is 142 Å². The Morgan fingerprint density at radius 3 is 1.40 bits per heavy atom. The van der Waals surface area contributed by atoms with E-state index in [9.17, 15) is 4.79 Å². The fourth-order valence-electron chi connectivity index (χ4n) is 6.94. The molecule has 1 heterocycles. The summed E-state index contributed by atoms with van der Waals surface area (Å²) in [4.78, 5) is 18.0. The SMILES string of the molecule is CCCCCCCCCCCCOc1ccc(-c2cnc(-c3ccc(OCCCCCCCCCCCC)cc3)c3c2C(=O)CC3)cc1. The molecule has 0 atom stereocenters. The van der Waals surface area contributed by atoms with Crippen molar-refractivity contribution in [1.82, 2.24) is 4.98 Å². The van der Waals surface area contributed by atoms with Crippen LogP contribution < -0.4 is 9.47 Å². The van der Waals surface area contributed by atoms with Gasteiger partial charge in [0.2, 0.25) is 0 Å². The van der Waals surface area contributed by atoms with E-state index in [1.54, 1.807) is 0 Å². The summed E-state index contributed by atoms with van der Waals surface area (Å²) in [5.41, 5.74) is 5.79. The van der Waals surface area contributed by atoms with Gasteiger partial charge in [-0.15, -0.1) is 0 Å². The molecule has 1 aliphatic carbocycles. The summed E-state index contributed by atoms with van der Waals surface area (Å²) in [6.07, 6.45) is 29.6. The van der Waals surface area contributed by atoms with Crippen molar-refractivity contribution >= 4 is 5.78 Å². The van der Waals surface area contributed by atoms with Crippen LogP contribution >= 0.6 is 0 Å². The minimum Gasteiger partial charge on any atom is -0.494 e. The first-order valence-electron chi connectivity index (χ1n) is 19.7. The maximum Gasteiger partial charge on any atom is 0.164 e. The number of nitrogens with zero attached hydrogens (tertiary/aromatic N) is 1. The van der Waals surface area contributed by atoms with Gasteiger partial charge in [0.25, 0.3) is 0 Å². The number of unbranched alkanes of at least 4 members (excludes halogenated alkanes) is 18. The lowest BCUT2D eigenvalue weighted by Gasteiger charge is -2.13. The van der Waals surface area contributed by atoms with E-state index in [4.69, 9.17) is 14.5 Å². The monoisotopic (exact) mass is 653 g/mol. The molecule has 48 heavy (non-hydrogen) atoms. The van der Waals surface area contributed by atoms with E-state index in [2.05, 4.69) is 38.1 Å². The lowest BCUT2D eigenvalue weighted by Crippen LogP contribution is -2.01. The molecule has 262 valence electrons. The van der Waals surface area contributed by atoms with Crippen molar-refractivity contribution in [2.75, 3.05) is 13.2 Å². The molecule has 0 saturated heterocycles. The van der Waals surface area contributed by atoms with Gasteiger partial charge >= 0.3 is 0 Å². The number of pyridine rings is 1. The number of Topliss-reactive ketones (excluding diaryl/α,β-unsaturated/α-hetero) is 1. The Labute approximate surface area is 292 Å². The number of fused-ring (bicyclic) bond motifs is 1. The van der Waals surface area contributed by atoms with Crippen molar-refractivity contribution in [3.63, 3.8) is 0 Å².